The van der Waals surface area contributed by atoms with E-state index in [4.69, 9.17) is 9.47 Å². The van der Waals surface area contributed by atoms with Crippen LogP contribution >= 0.6 is 0 Å². The number of methoxy groups -OCH3 is 2. The molecule has 0 aliphatic rings. The molecule has 0 fully saturated rings. The van der Waals surface area contributed by atoms with Gasteiger partial charge in [0.05, 0.1) is 5.69 Å². The van der Waals surface area contributed by atoms with Gasteiger partial charge in [-0.25, -0.2) is 0 Å². The number of ether oxygens (including phenoxy) is 2. The summed E-state index contributed by atoms with van der Waals surface area (Å²) in [5.74, 6) is 1.18. The molecule has 0 spiro atoms. The highest BCUT2D eigenvalue weighted by atomic mass is 16.7. The first-order valence-corrected chi connectivity index (χ1v) is 15.3. The molecule has 0 saturated heterocycles. The van der Waals surface area contributed by atoms with Crippen molar-refractivity contribution < 1.29 is 14.3 Å². The lowest BCUT2D eigenvalue weighted by Gasteiger charge is -2.28. The van der Waals surface area contributed by atoms with Gasteiger partial charge in [-0.15, -0.1) is 0 Å². The average Bonchev–Trinajstić information content (AvgIpc) is 2.96. The second kappa shape index (κ2) is 23.3. The molecule has 0 bridgehead atoms. The van der Waals surface area contributed by atoms with E-state index in [1.54, 1.807) is 26.4 Å². The van der Waals surface area contributed by atoms with Crippen LogP contribution in [-0.4, -0.2) is 51.2 Å². The highest BCUT2D eigenvalue weighted by molar-refractivity contribution is 5.95. The number of nitrogens with one attached hydrogen (secondary N) is 1. The van der Waals surface area contributed by atoms with Crippen LogP contribution in [0.2, 0.25) is 0 Å². The van der Waals surface area contributed by atoms with E-state index in [1.807, 2.05) is 61.3 Å². The molecule has 0 unspecified atom stereocenters. The van der Waals surface area contributed by atoms with Gasteiger partial charge in [0.25, 0.3) is 5.91 Å². The SMILES string of the molecule is CC.CCCC.COC(OC)c1ccc(C(=O)NN(CCCCN(CC(C)C)CC(C)C)c2ccccc2)cc1. The van der Waals surface area contributed by atoms with Gasteiger partial charge in [-0.2, -0.15) is 0 Å². The summed E-state index contributed by atoms with van der Waals surface area (Å²) in [6.45, 7) is 21.5. The second-order valence-corrected chi connectivity index (χ2v) is 10.6. The Kier molecular flexibility index (Phi) is 21.9. The molecule has 2 aromatic rings. The Morgan fingerprint density at radius 2 is 1.27 bits per heavy atom. The zero-order chi connectivity index (χ0) is 30.3. The Labute approximate surface area is 246 Å². The van der Waals surface area contributed by atoms with Crippen molar-refractivity contribution in [3.8, 4) is 0 Å². The zero-order valence-electron chi connectivity index (χ0n) is 27.2. The van der Waals surface area contributed by atoms with Crippen LogP contribution in [0.15, 0.2) is 54.6 Å². The molecule has 228 valence electrons. The molecule has 40 heavy (non-hydrogen) atoms. The van der Waals surface area contributed by atoms with E-state index in [2.05, 4.69) is 51.9 Å². The Bertz CT molecular complexity index is 840. The van der Waals surface area contributed by atoms with Crippen LogP contribution in [0.4, 0.5) is 5.69 Å². The van der Waals surface area contributed by atoms with Crippen LogP contribution in [-0.2, 0) is 9.47 Å². The van der Waals surface area contributed by atoms with E-state index in [-0.39, 0.29) is 5.91 Å². The average molecular weight is 558 g/mol. The van der Waals surface area contributed by atoms with Crippen molar-refractivity contribution >= 4 is 11.6 Å². The molecule has 1 amide bonds. The summed E-state index contributed by atoms with van der Waals surface area (Å²) >= 11 is 0. The van der Waals surface area contributed by atoms with Gasteiger partial charge < -0.3 is 14.4 Å². The minimum atomic E-state index is -0.441. The Balaban J connectivity index is 0.00000232. The maximum atomic E-state index is 13.0. The summed E-state index contributed by atoms with van der Waals surface area (Å²) in [5.41, 5.74) is 5.54. The van der Waals surface area contributed by atoms with E-state index in [1.165, 1.54) is 12.8 Å². The molecule has 0 atom stereocenters. The summed E-state index contributed by atoms with van der Waals surface area (Å²) in [5, 5.41) is 1.96. The largest absolute Gasteiger partial charge is 0.352 e. The highest BCUT2D eigenvalue weighted by Crippen LogP contribution is 2.18. The lowest BCUT2D eigenvalue weighted by molar-refractivity contribution is -0.106. The fourth-order valence-electron chi connectivity index (χ4n) is 4.10. The molecule has 0 radical (unpaired) electrons. The number of anilines is 1. The van der Waals surface area contributed by atoms with Crippen molar-refractivity contribution in [2.24, 2.45) is 11.8 Å². The molecule has 0 aliphatic heterocycles. The predicted octanol–water partition coefficient (Wildman–Crippen LogP) is 8.36. The van der Waals surface area contributed by atoms with Gasteiger partial charge >= 0.3 is 0 Å². The van der Waals surface area contributed by atoms with Crippen molar-refractivity contribution in [3.05, 3.63) is 65.7 Å². The van der Waals surface area contributed by atoms with Crippen molar-refractivity contribution in [1.82, 2.24) is 10.3 Å². The number of carbonyl (C=O) groups excluding carboxylic acids is 1. The Morgan fingerprint density at radius 1 is 0.775 bits per heavy atom. The van der Waals surface area contributed by atoms with Crippen LogP contribution in [0, 0.1) is 11.8 Å². The number of para-hydroxylation sites is 1. The number of nitrogens with zero attached hydrogens (tertiary/aromatic N) is 2. The molecular formula is C34H59N3O3. The number of amides is 1. The number of unbranched alkanes of at least 4 members (excludes halogenated alkanes) is 2. The quantitative estimate of drug-likeness (QED) is 0.128. The van der Waals surface area contributed by atoms with Gasteiger partial charge in [-0.05, 0) is 55.5 Å². The van der Waals surface area contributed by atoms with Crippen LogP contribution < -0.4 is 10.4 Å². The monoisotopic (exact) mass is 557 g/mol. The second-order valence-electron chi connectivity index (χ2n) is 10.6. The van der Waals surface area contributed by atoms with Gasteiger partial charge in [-0.3, -0.25) is 15.2 Å². The smallest absolute Gasteiger partial charge is 0.269 e. The van der Waals surface area contributed by atoms with E-state index in [0.29, 0.717) is 17.4 Å². The third-order valence-corrected chi connectivity index (χ3v) is 6.03. The van der Waals surface area contributed by atoms with E-state index < -0.39 is 6.29 Å². The van der Waals surface area contributed by atoms with Gasteiger partial charge in [0, 0.05) is 45.0 Å². The number of hydrazine groups is 1. The molecule has 0 aliphatic carbocycles. The maximum Gasteiger partial charge on any atom is 0.269 e. The molecule has 1 N–H and O–H groups in total. The first-order chi connectivity index (χ1) is 19.2. The van der Waals surface area contributed by atoms with Crippen molar-refractivity contribution in [1.29, 1.82) is 0 Å². The molecular weight excluding hydrogens is 498 g/mol. The minimum Gasteiger partial charge on any atom is -0.352 e. The molecule has 0 aromatic heterocycles. The normalized spacial score (nSPS) is 10.8. The minimum absolute atomic E-state index is 0.136. The molecule has 6 nitrogen and oxygen atoms in total. The highest BCUT2D eigenvalue weighted by Gasteiger charge is 2.15. The van der Waals surface area contributed by atoms with Gasteiger partial charge in [0.2, 0.25) is 0 Å². The third kappa shape index (κ3) is 16.0. The molecule has 0 heterocycles. The fraction of sp³-hybridized carbons (Fsp3) is 0.618. The fourth-order valence-corrected chi connectivity index (χ4v) is 4.10. The van der Waals surface area contributed by atoms with E-state index in [9.17, 15) is 4.79 Å². The number of carbonyl (C=O) groups is 1. The molecule has 6 heteroatoms. The first kappa shape index (κ1) is 37.6. The summed E-state index contributed by atoms with van der Waals surface area (Å²) in [6.07, 6.45) is 4.27. The number of hydrogen-bond acceptors (Lipinski definition) is 5. The zero-order valence-corrected chi connectivity index (χ0v) is 27.2. The van der Waals surface area contributed by atoms with Gasteiger partial charge in [0.15, 0.2) is 6.29 Å². The predicted molar refractivity (Wildman–Crippen MR) is 172 cm³/mol. The number of benzene rings is 2. The summed E-state index contributed by atoms with van der Waals surface area (Å²) in [4.78, 5) is 15.6. The van der Waals surface area contributed by atoms with Crippen LogP contribution in [0.3, 0.4) is 0 Å². The van der Waals surface area contributed by atoms with Crippen LogP contribution in [0.25, 0.3) is 0 Å². The summed E-state index contributed by atoms with van der Waals surface area (Å²) < 4.78 is 10.6. The topological polar surface area (TPSA) is 54.0 Å². The third-order valence-electron chi connectivity index (χ3n) is 6.03. The van der Waals surface area contributed by atoms with E-state index >= 15 is 0 Å². The Hall–Kier alpha value is -2.41. The van der Waals surface area contributed by atoms with Crippen molar-refractivity contribution in [3.63, 3.8) is 0 Å². The van der Waals surface area contributed by atoms with E-state index in [0.717, 1.165) is 50.3 Å². The van der Waals surface area contributed by atoms with Crippen molar-refractivity contribution in [2.45, 2.75) is 87.4 Å². The van der Waals surface area contributed by atoms with Crippen LogP contribution in [0.5, 0.6) is 0 Å². The molecule has 2 aromatic carbocycles. The number of hydrogen-bond donors (Lipinski definition) is 1. The maximum absolute atomic E-state index is 13.0. The summed E-state index contributed by atoms with van der Waals surface area (Å²) in [6, 6.07) is 17.3. The van der Waals surface area contributed by atoms with Gasteiger partial charge in [-0.1, -0.05) is 98.6 Å². The number of rotatable bonds is 16. The van der Waals surface area contributed by atoms with Gasteiger partial charge in [0.1, 0.15) is 0 Å². The van der Waals surface area contributed by atoms with Crippen LogP contribution in [0.1, 0.15) is 103 Å². The first-order valence-electron chi connectivity index (χ1n) is 15.3. The molecule has 2 rings (SSSR count). The molecule has 0 saturated carbocycles. The standard InChI is InChI=1S/C28H43N3O3.C4H10.C2H6/c1-22(2)20-30(21-23(3)4)18-10-11-19-31(26-12-8-7-9-13-26)29-27(32)24-14-16-25(17-15-24)28(33-5)34-6;1-3-4-2;1-2/h7-9,12-17,22-23,28H,10-11,18-21H2,1-6H3,(H,29,32);3-4H2,1-2H3;1-2H3. The lowest BCUT2D eigenvalue weighted by Crippen LogP contribution is -2.43. The summed E-state index contributed by atoms with van der Waals surface area (Å²) in [7, 11) is 3.19. The Morgan fingerprint density at radius 3 is 1.73 bits per heavy atom. The lowest BCUT2D eigenvalue weighted by atomic mass is 10.1. The van der Waals surface area contributed by atoms with Crippen molar-refractivity contribution in [2.75, 3.05) is 45.4 Å².